The molecular formula is C17H21BrN2O2. The molecule has 3 rings (SSSR count). The van der Waals surface area contributed by atoms with Crippen molar-refractivity contribution in [2.24, 2.45) is 5.92 Å². The number of nitrogens with one attached hydrogen (secondary N) is 1. The molecule has 1 aromatic rings. The lowest BCUT2D eigenvalue weighted by molar-refractivity contribution is -0.133. The van der Waals surface area contributed by atoms with E-state index in [2.05, 4.69) is 33.4 Å². The number of halogens is 1. The highest BCUT2D eigenvalue weighted by atomic mass is 79.9. The fraction of sp³-hybridized carbons (Fsp3) is 0.529. The number of amides is 2. The zero-order valence-corrected chi connectivity index (χ0v) is 14.1. The number of rotatable bonds is 4. The third kappa shape index (κ3) is 3.69. The van der Waals surface area contributed by atoms with Crippen LogP contribution in [0.4, 0.5) is 0 Å². The van der Waals surface area contributed by atoms with Gasteiger partial charge in [0.05, 0.1) is 6.54 Å². The maximum atomic E-state index is 12.2. The lowest BCUT2D eigenvalue weighted by Gasteiger charge is -2.26. The molecule has 0 spiro atoms. The minimum Gasteiger partial charge on any atom is -0.347 e. The Hall–Kier alpha value is -1.36. The molecular weight excluding hydrogens is 344 g/mol. The number of likely N-dealkylation sites (tertiary alicyclic amines) is 1. The van der Waals surface area contributed by atoms with E-state index >= 15 is 0 Å². The lowest BCUT2D eigenvalue weighted by Crippen LogP contribution is -2.43. The van der Waals surface area contributed by atoms with Crippen molar-refractivity contribution in [3.63, 3.8) is 0 Å². The summed E-state index contributed by atoms with van der Waals surface area (Å²) in [6.07, 6.45) is 4.23. The zero-order chi connectivity index (χ0) is 15.5. The molecule has 2 aliphatic rings. The SMILES string of the molecule is O=C(NCC(=O)N1CCCCC1)C1CC1c1cccc(Br)c1. The van der Waals surface area contributed by atoms with Crippen LogP contribution in [0.5, 0.6) is 0 Å². The summed E-state index contributed by atoms with van der Waals surface area (Å²) < 4.78 is 1.04. The minimum atomic E-state index is 0.00957. The fourth-order valence-corrected chi connectivity index (χ4v) is 3.56. The van der Waals surface area contributed by atoms with Gasteiger partial charge in [-0.05, 0) is 49.3 Å². The molecule has 0 bridgehead atoms. The van der Waals surface area contributed by atoms with Crippen molar-refractivity contribution in [2.75, 3.05) is 19.6 Å². The molecule has 118 valence electrons. The molecule has 1 aliphatic carbocycles. The molecule has 0 aromatic heterocycles. The van der Waals surface area contributed by atoms with Crippen LogP contribution in [-0.4, -0.2) is 36.3 Å². The number of benzene rings is 1. The molecule has 0 radical (unpaired) electrons. The molecule has 4 nitrogen and oxygen atoms in total. The predicted molar refractivity (Wildman–Crippen MR) is 88.4 cm³/mol. The van der Waals surface area contributed by atoms with E-state index in [0.29, 0.717) is 5.92 Å². The van der Waals surface area contributed by atoms with Crippen molar-refractivity contribution in [1.29, 1.82) is 0 Å². The lowest BCUT2D eigenvalue weighted by atomic mass is 10.1. The maximum absolute atomic E-state index is 12.2. The summed E-state index contributed by atoms with van der Waals surface area (Å²) in [7, 11) is 0. The van der Waals surface area contributed by atoms with Gasteiger partial charge in [-0.3, -0.25) is 9.59 Å². The van der Waals surface area contributed by atoms with Crippen LogP contribution in [0.1, 0.15) is 37.2 Å². The van der Waals surface area contributed by atoms with E-state index in [1.165, 1.54) is 12.0 Å². The number of hydrogen-bond donors (Lipinski definition) is 1. The van der Waals surface area contributed by atoms with E-state index in [1.807, 2.05) is 17.0 Å². The quantitative estimate of drug-likeness (QED) is 0.892. The van der Waals surface area contributed by atoms with Crippen LogP contribution < -0.4 is 5.32 Å². The van der Waals surface area contributed by atoms with Gasteiger partial charge >= 0.3 is 0 Å². The van der Waals surface area contributed by atoms with Crippen LogP contribution >= 0.6 is 15.9 Å². The van der Waals surface area contributed by atoms with E-state index in [0.717, 1.165) is 36.8 Å². The molecule has 2 amide bonds. The number of piperidine rings is 1. The Morgan fingerprint density at radius 2 is 2.00 bits per heavy atom. The molecule has 1 saturated heterocycles. The van der Waals surface area contributed by atoms with Crippen molar-refractivity contribution < 1.29 is 9.59 Å². The first-order valence-corrected chi connectivity index (χ1v) is 8.75. The van der Waals surface area contributed by atoms with Crippen molar-refractivity contribution in [3.05, 3.63) is 34.3 Å². The van der Waals surface area contributed by atoms with Gasteiger partial charge in [0.15, 0.2) is 0 Å². The molecule has 1 N–H and O–H groups in total. The second-order valence-corrected chi connectivity index (χ2v) is 7.08. The highest BCUT2D eigenvalue weighted by molar-refractivity contribution is 9.10. The van der Waals surface area contributed by atoms with Crippen LogP contribution in [0.2, 0.25) is 0 Å². The summed E-state index contributed by atoms with van der Waals surface area (Å²) in [5, 5.41) is 2.81. The summed E-state index contributed by atoms with van der Waals surface area (Å²) in [6, 6.07) is 8.10. The third-order valence-corrected chi connectivity index (χ3v) is 5.02. The van der Waals surface area contributed by atoms with Crippen LogP contribution in [0.25, 0.3) is 0 Å². The van der Waals surface area contributed by atoms with Gasteiger partial charge in [-0.15, -0.1) is 0 Å². The van der Waals surface area contributed by atoms with E-state index in [1.54, 1.807) is 0 Å². The molecule has 1 aliphatic heterocycles. The fourth-order valence-electron chi connectivity index (χ4n) is 3.14. The van der Waals surface area contributed by atoms with Gasteiger partial charge in [-0.2, -0.15) is 0 Å². The van der Waals surface area contributed by atoms with Gasteiger partial charge in [0.1, 0.15) is 0 Å². The Kier molecular flexibility index (Phi) is 4.81. The van der Waals surface area contributed by atoms with Crippen LogP contribution in [0.3, 0.4) is 0 Å². The van der Waals surface area contributed by atoms with E-state index in [9.17, 15) is 9.59 Å². The largest absolute Gasteiger partial charge is 0.347 e. The topological polar surface area (TPSA) is 49.4 Å². The molecule has 2 atom stereocenters. The number of hydrogen-bond acceptors (Lipinski definition) is 2. The van der Waals surface area contributed by atoms with Crippen molar-refractivity contribution >= 4 is 27.7 Å². The first kappa shape index (κ1) is 15.5. The minimum absolute atomic E-state index is 0.00957. The Bertz CT molecular complexity index is 570. The number of nitrogens with zero attached hydrogens (tertiary/aromatic N) is 1. The van der Waals surface area contributed by atoms with Gasteiger partial charge in [0, 0.05) is 23.5 Å². The second kappa shape index (κ2) is 6.82. The smallest absolute Gasteiger partial charge is 0.241 e. The second-order valence-electron chi connectivity index (χ2n) is 6.16. The van der Waals surface area contributed by atoms with Crippen LogP contribution in [0.15, 0.2) is 28.7 Å². The normalized spacial score (nSPS) is 24.0. The molecule has 2 fully saturated rings. The van der Waals surface area contributed by atoms with Gasteiger partial charge in [-0.1, -0.05) is 28.1 Å². The highest BCUT2D eigenvalue weighted by Crippen LogP contribution is 2.47. The maximum Gasteiger partial charge on any atom is 0.241 e. The molecule has 1 heterocycles. The van der Waals surface area contributed by atoms with Crippen LogP contribution in [0, 0.1) is 5.92 Å². The number of carbonyl (C=O) groups is 2. The van der Waals surface area contributed by atoms with Gasteiger partial charge < -0.3 is 10.2 Å². The van der Waals surface area contributed by atoms with Gasteiger partial charge in [0.2, 0.25) is 11.8 Å². The summed E-state index contributed by atoms with van der Waals surface area (Å²) in [5.74, 6) is 0.370. The number of carbonyl (C=O) groups excluding carboxylic acids is 2. The average molecular weight is 365 g/mol. The molecule has 1 saturated carbocycles. The van der Waals surface area contributed by atoms with Crippen molar-refractivity contribution in [1.82, 2.24) is 10.2 Å². The first-order chi connectivity index (χ1) is 10.6. The Labute approximate surface area is 139 Å². The van der Waals surface area contributed by atoms with E-state index in [4.69, 9.17) is 0 Å². The Balaban J connectivity index is 1.46. The van der Waals surface area contributed by atoms with Crippen molar-refractivity contribution in [3.8, 4) is 0 Å². The summed E-state index contributed by atoms with van der Waals surface area (Å²) in [6.45, 7) is 1.80. The highest BCUT2D eigenvalue weighted by Gasteiger charge is 2.44. The van der Waals surface area contributed by atoms with Crippen molar-refractivity contribution in [2.45, 2.75) is 31.6 Å². The van der Waals surface area contributed by atoms with E-state index < -0.39 is 0 Å². The summed E-state index contributed by atoms with van der Waals surface area (Å²) >= 11 is 3.46. The first-order valence-electron chi connectivity index (χ1n) is 7.96. The third-order valence-electron chi connectivity index (χ3n) is 4.53. The predicted octanol–water partition coefficient (Wildman–Crippen LogP) is 2.68. The standard InChI is InChI=1S/C17H21BrN2O2/c18-13-6-4-5-12(9-13)14-10-15(14)17(22)19-11-16(21)20-7-2-1-3-8-20/h4-6,9,14-15H,1-3,7-8,10-11H2,(H,19,22). The molecule has 2 unspecified atom stereocenters. The summed E-state index contributed by atoms with van der Waals surface area (Å²) in [5.41, 5.74) is 1.19. The van der Waals surface area contributed by atoms with E-state index in [-0.39, 0.29) is 24.3 Å². The Morgan fingerprint density at radius 3 is 2.73 bits per heavy atom. The monoisotopic (exact) mass is 364 g/mol. The van der Waals surface area contributed by atoms with Crippen LogP contribution in [-0.2, 0) is 9.59 Å². The zero-order valence-electron chi connectivity index (χ0n) is 12.6. The van der Waals surface area contributed by atoms with Gasteiger partial charge in [-0.25, -0.2) is 0 Å². The Morgan fingerprint density at radius 1 is 1.23 bits per heavy atom. The molecule has 1 aromatic carbocycles. The van der Waals surface area contributed by atoms with Gasteiger partial charge in [0.25, 0.3) is 0 Å². The summed E-state index contributed by atoms with van der Waals surface area (Å²) in [4.78, 5) is 26.1. The molecule has 22 heavy (non-hydrogen) atoms. The average Bonchev–Trinajstić information content (AvgIpc) is 3.34. The molecule has 5 heteroatoms.